The van der Waals surface area contributed by atoms with Crippen molar-refractivity contribution in [2.24, 2.45) is 11.7 Å². The van der Waals surface area contributed by atoms with Crippen LogP contribution >= 0.6 is 12.2 Å². The molecule has 17 heavy (non-hydrogen) atoms. The third-order valence-electron chi connectivity index (χ3n) is 3.29. The van der Waals surface area contributed by atoms with Gasteiger partial charge in [-0.3, -0.25) is 4.98 Å². The molecule has 2 rings (SSSR count). The summed E-state index contributed by atoms with van der Waals surface area (Å²) in [6.07, 6.45) is 2.64. The summed E-state index contributed by atoms with van der Waals surface area (Å²) in [5.74, 6) is 0.794. The van der Waals surface area contributed by atoms with Crippen molar-refractivity contribution < 1.29 is 0 Å². The number of anilines is 1. The highest BCUT2D eigenvalue weighted by molar-refractivity contribution is 7.80. The minimum Gasteiger partial charge on any atom is -0.389 e. The van der Waals surface area contributed by atoms with Crippen LogP contribution in [0.1, 0.15) is 36.7 Å². The predicted octanol–water partition coefficient (Wildman–Crippen LogP) is 2.54. The molecule has 0 saturated heterocycles. The predicted molar refractivity (Wildman–Crippen MR) is 75.4 cm³/mol. The summed E-state index contributed by atoms with van der Waals surface area (Å²) in [4.78, 5) is 4.83. The minimum absolute atomic E-state index is 0.417. The number of hydrogen-bond acceptors (Lipinski definition) is 3. The fraction of sp³-hybridized carbons (Fsp3) is 0.538. The molecule has 1 aliphatic carbocycles. The third-order valence-corrected chi connectivity index (χ3v) is 3.49. The molecule has 1 atom stereocenters. The fourth-order valence-electron chi connectivity index (χ4n) is 2.21. The van der Waals surface area contributed by atoms with E-state index in [1.54, 1.807) is 0 Å². The van der Waals surface area contributed by atoms with Crippen LogP contribution in [0, 0.1) is 19.8 Å². The van der Waals surface area contributed by atoms with Gasteiger partial charge in [0.05, 0.1) is 5.56 Å². The van der Waals surface area contributed by atoms with E-state index in [1.165, 1.54) is 12.8 Å². The summed E-state index contributed by atoms with van der Waals surface area (Å²) in [5, 5.41) is 3.53. The van der Waals surface area contributed by atoms with Gasteiger partial charge in [-0.05, 0) is 45.6 Å². The Bertz CT molecular complexity index is 452. The van der Waals surface area contributed by atoms with Crippen LogP contribution < -0.4 is 11.1 Å². The van der Waals surface area contributed by atoms with Gasteiger partial charge in [-0.2, -0.15) is 0 Å². The van der Waals surface area contributed by atoms with Gasteiger partial charge in [0.15, 0.2) is 0 Å². The molecule has 3 nitrogen and oxygen atoms in total. The molecule has 0 spiro atoms. The van der Waals surface area contributed by atoms with Gasteiger partial charge < -0.3 is 11.1 Å². The molecular weight excluding hydrogens is 230 g/mol. The van der Waals surface area contributed by atoms with E-state index in [4.69, 9.17) is 18.0 Å². The number of aryl methyl sites for hydroxylation is 2. The normalized spacial score (nSPS) is 16.6. The summed E-state index contributed by atoms with van der Waals surface area (Å²) in [5.41, 5.74) is 9.60. The standard InChI is InChI=1S/C13H19N3S/c1-7-6-11(16-8(2)10-4-5-10)12(13(14)17)9(3)15-7/h6,8,10H,4-5H2,1-3H3,(H2,14,17)(H,15,16). The van der Waals surface area contributed by atoms with Crippen LogP contribution in [-0.2, 0) is 0 Å². The van der Waals surface area contributed by atoms with E-state index in [1.807, 2.05) is 19.9 Å². The van der Waals surface area contributed by atoms with Crippen molar-refractivity contribution in [3.8, 4) is 0 Å². The first kappa shape index (κ1) is 12.3. The maximum Gasteiger partial charge on any atom is 0.107 e. The van der Waals surface area contributed by atoms with Crippen molar-refractivity contribution in [2.45, 2.75) is 39.7 Å². The maximum atomic E-state index is 5.78. The van der Waals surface area contributed by atoms with Crippen LogP contribution in [0.3, 0.4) is 0 Å². The molecule has 92 valence electrons. The fourth-order valence-corrected chi connectivity index (χ4v) is 2.47. The van der Waals surface area contributed by atoms with E-state index < -0.39 is 0 Å². The van der Waals surface area contributed by atoms with Crippen LogP contribution in [0.5, 0.6) is 0 Å². The van der Waals surface area contributed by atoms with Gasteiger partial charge in [-0.15, -0.1) is 0 Å². The molecule has 1 unspecified atom stereocenters. The van der Waals surface area contributed by atoms with E-state index >= 15 is 0 Å². The number of aromatic nitrogens is 1. The first-order valence-corrected chi connectivity index (χ1v) is 6.44. The van der Waals surface area contributed by atoms with E-state index in [0.717, 1.165) is 28.6 Å². The number of nitrogens with two attached hydrogens (primary N) is 1. The lowest BCUT2D eigenvalue weighted by Gasteiger charge is -2.19. The van der Waals surface area contributed by atoms with Gasteiger partial charge in [0, 0.05) is 23.1 Å². The number of pyridine rings is 1. The number of nitrogens with zero attached hydrogens (tertiary/aromatic N) is 1. The second-order valence-electron chi connectivity index (χ2n) is 4.91. The molecule has 1 aliphatic rings. The average molecular weight is 249 g/mol. The lowest BCUT2D eigenvalue weighted by atomic mass is 10.1. The largest absolute Gasteiger partial charge is 0.389 e. The molecule has 1 saturated carbocycles. The number of rotatable bonds is 4. The maximum absolute atomic E-state index is 5.78. The second kappa shape index (κ2) is 4.61. The van der Waals surface area contributed by atoms with Gasteiger partial charge >= 0.3 is 0 Å². The van der Waals surface area contributed by atoms with Crippen molar-refractivity contribution in [1.29, 1.82) is 0 Å². The Kier molecular flexibility index (Phi) is 3.33. The molecule has 0 amide bonds. The van der Waals surface area contributed by atoms with E-state index in [9.17, 15) is 0 Å². The lowest BCUT2D eigenvalue weighted by Crippen LogP contribution is -2.22. The van der Waals surface area contributed by atoms with Gasteiger partial charge in [-0.25, -0.2) is 0 Å². The molecular formula is C13H19N3S. The van der Waals surface area contributed by atoms with E-state index in [0.29, 0.717) is 11.0 Å². The molecule has 1 fully saturated rings. The topological polar surface area (TPSA) is 50.9 Å². The zero-order valence-corrected chi connectivity index (χ0v) is 11.4. The van der Waals surface area contributed by atoms with Crippen molar-refractivity contribution in [1.82, 2.24) is 4.98 Å². The summed E-state index contributed by atoms with van der Waals surface area (Å²) >= 11 is 5.11. The van der Waals surface area contributed by atoms with E-state index in [-0.39, 0.29) is 0 Å². The highest BCUT2D eigenvalue weighted by atomic mass is 32.1. The number of nitrogens with one attached hydrogen (secondary N) is 1. The number of hydrogen-bond donors (Lipinski definition) is 2. The lowest BCUT2D eigenvalue weighted by molar-refractivity contribution is 0.693. The van der Waals surface area contributed by atoms with Crippen LogP contribution in [0.2, 0.25) is 0 Å². The van der Waals surface area contributed by atoms with Crippen molar-refractivity contribution in [2.75, 3.05) is 5.32 Å². The van der Waals surface area contributed by atoms with Gasteiger partial charge in [0.25, 0.3) is 0 Å². The molecule has 0 aliphatic heterocycles. The van der Waals surface area contributed by atoms with Gasteiger partial charge in [-0.1, -0.05) is 12.2 Å². The molecule has 1 aromatic heterocycles. The summed E-state index contributed by atoms with van der Waals surface area (Å²) in [6.45, 7) is 6.16. The average Bonchev–Trinajstić information content (AvgIpc) is 2.97. The Hall–Kier alpha value is -1.16. The Morgan fingerprint density at radius 3 is 2.71 bits per heavy atom. The highest BCUT2D eigenvalue weighted by Crippen LogP contribution is 2.34. The zero-order valence-electron chi connectivity index (χ0n) is 10.6. The first-order chi connectivity index (χ1) is 7.99. The Balaban J connectivity index is 2.32. The Morgan fingerprint density at radius 1 is 1.53 bits per heavy atom. The molecule has 0 aromatic carbocycles. The molecule has 0 bridgehead atoms. The number of thiocarbonyl (C=S) groups is 1. The monoisotopic (exact) mass is 249 g/mol. The van der Waals surface area contributed by atoms with Gasteiger partial charge in [0.1, 0.15) is 4.99 Å². The van der Waals surface area contributed by atoms with E-state index in [2.05, 4.69) is 17.2 Å². The van der Waals surface area contributed by atoms with Crippen molar-refractivity contribution in [3.05, 3.63) is 23.0 Å². The zero-order chi connectivity index (χ0) is 12.6. The second-order valence-corrected chi connectivity index (χ2v) is 5.35. The van der Waals surface area contributed by atoms with Crippen LogP contribution in [0.4, 0.5) is 5.69 Å². The Morgan fingerprint density at radius 2 is 2.18 bits per heavy atom. The molecule has 1 heterocycles. The smallest absolute Gasteiger partial charge is 0.107 e. The minimum atomic E-state index is 0.417. The molecule has 0 radical (unpaired) electrons. The first-order valence-electron chi connectivity index (χ1n) is 6.03. The SMILES string of the molecule is Cc1cc(NC(C)C2CC2)c(C(N)=S)c(C)n1. The summed E-state index contributed by atoms with van der Waals surface area (Å²) in [7, 11) is 0. The van der Waals surface area contributed by atoms with Crippen molar-refractivity contribution >= 4 is 22.9 Å². The summed E-state index contributed by atoms with van der Waals surface area (Å²) in [6, 6.07) is 2.50. The quantitative estimate of drug-likeness (QED) is 0.805. The van der Waals surface area contributed by atoms with Crippen molar-refractivity contribution in [3.63, 3.8) is 0 Å². The van der Waals surface area contributed by atoms with Crippen LogP contribution in [-0.4, -0.2) is 16.0 Å². The molecule has 1 aromatic rings. The molecule has 4 heteroatoms. The van der Waals surface area contributed by atoms with Crippen LogP contribution in [0.25, 0.3) is 0 Å². The Labute approximate surface area is 108 Å². The highest BCUT2D eigenvalue weighted by Gasteiger charge is 2.28. The van der Waals surface area contributed by atoms with Gasteiger partial charge in [0.2, 0.25) is 0 Å². The third kappa shape index (κ3) is 2.75. The molecule has 3 N–H and O–H groups in total. The van der Waals surface area contributed by atoms with Crippen LogP contribution in [0.15, 0.2) is 6.07 Å². The summed E-state index contributed by atoms with van der Waals surface area (Å²) < 4.78 is 0.